The summed E-state index contributed by atoms with van der Waals surface area (Å²) in [6, 6.07) is 3.39. The molecule has 0 saturated carbocycles. The summed E-state index contributed by atoms with van der Waals surface area (Å²) in [5.74, 6) is 1.08. The molecule has 1 aromatic rings. The maximum Gasteiger partial charge on any atom is 0.251 e. The zero-order valence-corrected chi connectivity index (χ0v) is 10.7. The summed E-state index contributed by atoms with van der Waals surface area (Å²) in [6.45, 7) is 5.00. The van der Waals surface area contributed by atoms with Crippen molar-refractivity contribution in [2.45, 2.75) is 0 Å². The minimum Gasteiger partial charge on any atom is -0.486 e. The molecule has 5 heteroatoms. The number of carbonyl (C=O) groups is 1. The SMILES string of the molecule is C=CCNC(=O)c1cc(Br)c2c(c1)OCCO2. The van der Waals surface area contributed by atoms with Gasteiger partial charge in [-0.15, -0.1) is 6.58 Å². The normalized spacial score (nSPS) is 13.0. The van der Waals surface area contributed by atoms with Gasteiger partial charge in [0, 0.05) is 12.1 Å². The summed E-state index contributed by atoms with van der Waals surface area (Å²) in [5, 5.41) is 2.71. The Bertz CT molecular complexity index is 459. The number of amides is 1. The van der Waals surface area contributed by atoms with E-state index in [1.54, 1.807) is 18.2 Å². The van der Waals surface area contributed by atoms with Gasteiger partial charge < -0.3 is 14.8 Å². The zero-order valence-electron chi connectivity index (χ0n) is 9.16. The first-order valence-corrected chi connectivity index (χ1v) is 6.00. The quantitative estimate of drug-likeness (QED) is 0.870. The number of hydrogen-bond donors (Lipinski definition) is 1. The standard InChI is InChI=1S/C12H12BrNO3/c1-2-3-14-12(15)8-6-9(13)11-10(7-8)16-4-5-17-11/h2,6-7H,1,3-5H2,(H,14,15). The Labute approximate surface area is 108 Å². The molecule has 1 amide bonds. The van der Waals surface area contributed by atoms with Crippen molar-refractivity contribution in [1.29, 1.82) is 0 Å². The molecule has 1 aromatic carbocycles. The Morgan fingerprint density at radius 1 is 1.47 bits per heavy atom. The van der Waals surface area contributed by atoms with Gasteiger partial charge in [-0.2, -0.15) is 0 Å². The van der Waals surface area contributed by atoms with E-state index in [-0.39, 0.29) is 5.91 Å². The van der Waals surface area contributed by atoms with E-state index in [9.17, 15) is 4.79 Å². The Hall–Kier alpha value is -1.49. The maximum absolute atomic E-state index is 11.8. The Kier molecular flexibility index (Phi) is 3.68. The van der Waals surface area contributed by atoms with Crippen LogP contribution in [0.1, 0.15) is 10.4 Å². The van der Waals surface area contributed by atoms with Crippen LogP contribution in [-0.2, 0) is 0 Å². The van der Waals surface area contributed by atoms with Gasteiger partial charge in [-0.3, -0.25) is 4.79 Å². The molecule has 90 valence electrons. The number of fused-ring (bicyclic) bond motifs is 1. The lowest BCUT2D eigenvalue weighted by molar-refractivity contribution is 0.0956. The van der Waals surface area contributed by atoms with Gasteiger partial charge in [0.05, 0.1) is 4.47 Å². The number of halogens is 1. The van der Waals surface area contributed by atoms with E-state index in [4.69, 9.17) is 9.47 Å². The van der Waals surface area contributed by atoms with Crippen molar-refractivity contribution in [3.8, 4) is 11.5 Å². The van der Waals surface area contributed by atoms with Crippen molar-refractivity contribution in [3.63, 3.8) is 0 Å². The van der Waals surface area contributed by atoms with Crippen molar-refractivity contribution in [2.75, 3.05) is 19.8 Å². The molecule has 0 spiro atoms. The molecule has 17 heavy (non-hydrogen) atoms. The van der Waals surface area contributed by atoms with E-state index >= 15 is 0 Å². The number of carbonyl (C=O) groups excluding carboxylic acids is 1. The van der Waals surface area contributed by atoms with Crippen molar-refractivity contribution in [3.05, 3.63) is 34.8 Å². The highest BCUT2D eigenvalue weighted by Crippen LogP contribution is 2.38. The minimum atomic E-state index is -0.164. The lowest BCUT2D eigenvalue weighted by atomic mass is 10.2. The monoisotopic (exact) mass is 297 g/mol. The number of rotatable bonds is 3. The molecule has 1 aliphatic heterocycles. The average Bonchev–Trinajstić information content (AvgIpc) is 2.36. The number of benzene rings is 1. The summed E-state index contributed by atoms with van der Waals surface area (Å²) in [7, 11) is 0. The van der Waals surface area contributed by atoms with Crippen molar-refractivity contribution in [1.82, 2.24) is 5.32 Å². The molecule has 1 N–H and O–H groups in total. The van der Waals surface area contributed by atoms with Gasteiger partial charge in [0.1, 0.15) is 13.2 Å². The van der Waals surface area contributed by atoms with Crippen LogP contribution in [-0.4, -0.2) is 25.7 Å². The predicted octanol–water partition coefficient (Wildman–Crippen LogP) is 2.14. The molecule has 4 nitrogen and oxygen atoms in total. The molecular formula is C12H12BrNO3. The van der Waals surface area contributed by atoms with Crippen LogP contribution in [0.2, 0.25) is 0 Å². The summed E-state index contributed by atoms with van der Waals surface area (Å²) in [4.78, 5) is 11.8. The van der Waals surface area contributed by atoms with E-state index in [2.05, 4.69) is 27.8 Å². The summed E-state index contributed by atoms with van der Waals surface area (Å²) < 4.78 is 11.6. The third-order valence-corrected chi connectivity index (χ3v) is 2.86. The minimum absolute atomic E-state index is 0.164. The highest BCUT2D eigenvalue weighted by atomic mass is 79.9. The molecule has 1 aliphatic rings. The van der Waals surface area contributed by atoms with Crippen LogP contribution in [0, 0.1) is 0 Å². The van der Waals surface area contributed by atoms with Crippen molar-refractivity contribution >= 4 is 21.8 Å². The van der Waals surface area contributed by atoms with E-state index in [0.717, 1.165) is 4.47 Å². The fourth-order valence-corrected chi connectivity index (χ4v) is 2.07. The molecule has 0 radical (unpaired) electrons. The second kappa shape index (κ2) is 5.23. The second-order valence-corrected chi connectivity index (χ2v) is 4.34. The van der Waals surface area contributed by atoms with Crippen LogP contribution in [0.4, 0.5) is 0 Å². The average molecular weight is 298 g/mol. The molecule has 0 fully saturated rings. The van der Waals surface area contributed by atoms with E-state index < -0.39 is 0 Å². The van der Waals surface area contributed by atoms with Crippen molar-refractivity contribution < 1.29 is 14.3 Å². The van der Waals surface area contributed by atoms with Gasteiger partial charge in [-0.1, -0.05) is 6.08 Å². The third kappa shape index (κ3) is 2.61. The van der Waals surface area contributed by atoms with Crippen LogP contribution in [0.15, 0.2) is 29.3 Å². The summed E-state index contributed by atoms with van der Waals surface area (Å²) >= 11 is 3.36. The van der Waals surface area contributed by atoms with Gasteiger partial charge in [0.2, 0.25) is 0 Å². The fourth-order valence-electron chi connectivity index (χ4n) is 1.51. The van der Waals surface area contributed by atoms with Crippen LogP contribution in [0.3, 0.4) is 0 Å². The first kappa shape index (κ1) is 12.0. The largest absolute Gasteiger partial charge is 0.486 e. The number of hydrogen-bond acceptors (Lipinski definition) is 3. The smallest absolute Gasteiger partial charge is 0.251 e. The Morgan fingerprint density at radius 3 is 3.00 bits per heavy atom. The van der Waals surface area contributed by atoms with E-state index in [1.165, 1.54) is 0 Å². The number of ether oxygens (including phenoxy) is 2. The molecule has 0 aliphatic carbocycles. The third-order valence-electron chi connectivity index (χ3n) is 2.27. The van der Waals surface area contributed by atoms with Crippen molar-refractivity contribution in [2.24, 2.45) is 0 Å². The lowest BCUT2D eigenvalue weighted by Gasteiger charge is -2.20. The van der Waals surface area contributed by atoms with Gasteiger partial charge in [-0.25, -0.2) is 0 Å². The molecule has 0 saturated heterocycles. The summed E-state index contributed by atoms with van der Waals surface area (Å²) in [6.07, 6.45) is 1.63. The first-order chi connectivity index (χ1) is 8.22. The van der Waals surface area contributed by atoms with Crippen LogP contribution >= 0.6 is 15.9 Å². The summed E-state index contributed by atoms with van der Waals surface area (Å²) in [5.41, 5.74) is 0.531. The number of nitrogens with one attached hydrogen (secondary N) is 1. The Balaban J connectivity index is 2.27. The topological polar surface area (TPSA) is 47.6 Å². The predicted molar refractivity (Wildman–Crippen MR) is 67.7 cm³/mol. The van der Waals surface area contributed by atoms with Gasteiger partial charge >= 0.3 is 0 Å². The maximum atomic E-state index is 11.8. The highest BCUT2D eigenvalue weighted by molar-refractivity contribution is 9.10. The van der Waals surface area contributed by atoms with Gasteiger partial charge in [-0.05, 0) is 28.1 Å². The lowest BCUT2D eigenvalue weighted by Crippen LogP contribution is -2.24. The first-order valence-electron chi connectivity index (χ1n) is 5.20. The van der Waals surface area contributed by atoms with Crippen LogP contribution in [0.25, 0.3) is 0 Å². The second-order valence-electron chi connectivity index (χ2n) is 3.48. The molecule has 2 rings (SSSR count). The fraction of sp³-hybridized carbons (Fsp3) is 0.250. The molecule has 0 bridgehead atoms. The van der Waals surface area contributed by atoms with E-state index in [0.29, 0.717) is 36.8 Å². The molecule has 0 unspecified atom stereocenters. The molecule has 1 heterocycles. The van der Waals surface area contributed by atoms with E-state index in [1.807, 2.05) is 0 Å². The van der Waals surface area contributed by atoms with Gasteiger partial charge in [0.25, 0.3) is 5.91 Å². The Morgan fingerprint density at radius 2 is 2.24 bits per heavy atom. The van der Waals surface area contributed by atoms with Crippen LogP contribution < -0.4 is 14.8 Å². The molecule has 0 atom stereocenters. The zero-order chi connectivity index (χ0) is 12.3. The molecule has 0 aromatic heterocycles. The van der Waals surface area contributed by atoms with Gasteiger partial charge in [0.15, 0.2) is 11.5 Å². The molecular weight excluding hydrogens is 286 g/mol. The highest BCUT2D eigenvalue weighted by Gasteiger charge is 2.18. The van der Waals surface area contributed by atoms with Crippen LogP contribution in [0.5, 0.6) is 11.5 Å².